The fourth-order valence-electron chi connectivity index (χ4n) is 0.932. The fraction of sp³-hybridized carbons (Fsp3) is 0.500. The molecule has 1 aromatic rings. The third-order valence-electron chi connectivity index (χ3n) is 1.55. The van der Waals surface area contributed by atoms with Crippen LogP contribution in [0.15, 0.2) is 21.6 Å². The van der Waals surface area contributed by atoms with Crippen molar-refractivity contribution in [3.63, 3.8) is 0 Å². The highest BCUT2D eigenvalue weighted by Gasteiger charge is 2.10. The van der Waals surface area contributed by atoms with Gasteiger partial charge >= 0.3 is 0 Å². The molecule has 0 atom stereocenters. The molecule has 3 nitrogen and oxygen atoms in total. The molecule has 0 spiro atoms. The number of hydrogen-bond donors (Lipinski definition) is 0. The van der Waals surface area contributed by atoms with Crippen LogP contribution in [0.2, 0.25) is 0 Å². The highest BCUT2D eigenvalue weighted by atomic mass is 32.2. The summed E-state index contributed by atoms with van der Waals surface area (Å²) in [4.78, 5) is 0.269. The Morgan fingerprint density at radius 3 is 2.58 bits per heavy atom. The van der Waals surface area contributed by atoms with Gasteiger partial charge in [0.15, 0.2) is 9.84 Å². The quantitative estimate of drug-likeness (QED) is 0.724. The molecule has 0 saturated heterocycles. The normalized spacial score (nSPS) is 11.8. The standard InChI is InChI=1S/C8H12O3S/c1-3-4-7-5-8(6-11-7)12(2,9)10/h5-6H,3-4H2,1-2H3. The summed E-state index contributed by atoms with van der Waals surface area (Å²) in [7, 11) is -3.09. The summed E-state index contributed by atoms with van der Waals surface area (Å²) in [5, 5.41) is 0. The molecule has 1 heterocycles. The molecule has 0 unspecified atom stereocenters. The van der Waals surface area contributed by atoms with Crippen LogP contribution >= 0.6 is 0 Å². The molecular formula is C8H12O3S. The van der Waals surface area contributed by atoms with Crippen molar-refractivity contribution in [2.45, 2.75) is 24.7 Å². The number of furan rings is 1. The molecule has 4 heteroatoms. The van der Waals surface area contributed by atoms with Gasteiger partial charge in [-0.3, -0.25) is 0 Å². The van der Waals surface area contributed by atoms with Gasteiger partial charge in [0.1, 0.15) is 16.9 Å². The third-order valence-corrected chi connectivity index (χ3v) is 2.62. The Morgan fingerprint density at radius 1 is 1.50 bits per heavy atom. The number of rotatable bonds is 3. The van der Waals surface area contributed by atoms with E-state index in [4.69, 9.17) is 4.42 Å². The molecule has 0 N–H and O–H groups in total. The lowest BCUT2D eigenvalue weighted by molar-refractivity contribution is 0.502. The molecule has 12 heavy (non-hydrogen) atoms. The molecule has 0 aliphatic heterocycles. The first-order valence-corrected chi connectivity index (χ1v) is 5.70. The van der Waals surface area contributed by atoms with Crippen molar-refractivity contribution in [2.75, 3.05) is 6.26 Å². The Bertz CT molecular complexity index is 348. The van der Waals surface area contributed by atoms with Gasteiger partial charge in [0.05, 0.1) is 0 Å². The largest absolute Gasteiger partial charge is 0.468 e. The van der Waals surface area contributed by atoms with E-state index in [9.17, 15) is 8.42 Å². The van der Waals surface area contributed by atoms with Gasteiger partial charge < -0.3 is 4.42 Å². The lowest BCUT2D eigenvalue weighted by atomic mass is 10.3. The Labute approximate surface area is 72.3 Å². The van der Waals surface area contributed by atoms with Gasteiger partial charge in [0.25, 0.3) is 0 Å². The molecule has 1 rings (SSSR count). The van der Waals surface area contributed by atoms with Crippen LogP contribution in [0, 0.1) is 0 Å². The zero-order chi connectivity index (χ0) is 9.19. The van der Waals surface area contributed by atoms with Crippen LogP contribution in [0.25, 0.3) is 0 Å². The molecule has 68 valence electrons. The predicted octanol–water partition coefficient (Wildman–Crippen LogP) is 1.64. The molecule has 0 aliphatic carbocycles. The van der Waals surface area contributed by atoms with E-state index in [1.807, 2.05) is 6.92 Å². The molecule has 0 aliphatic rings. The smallest absolute Gasteiger partial charge is 0.178 e. The van der Waals surface area contributed by atoms with Crippen LogP contribution in [0.5, 0.6) is 0 Å². The average molecular weight is 188 g/mol. The van der Waals surface area contributed by atoms with Crippen LogP contribution in [0.3, 0.4) is 0 Å². The summed E-state index contributed by atoms with van der Waals surface area (Å²) in [5.74, 6) is 0.734. The Hall–Kier alpha value is -0.770. The minimum absolute atomic E-state index is 0.269. The van der Waals surface area contributed by atoms with Crippen LogP contribution in [0.4, 0.5) is 0 Å². The maximum atomic E-state index is 11.0. The van der Waals surface area contributed by atoms with E-state index in [2.05, 4.69) is 0 Å². The van der Waals surface area contributed by atoms with E-state index in [-0.39, 0.29) is 4.90 Å². The van der Waals surface area contributed by atoms with Crippen molar-refractivity contribution in [1.29, 1.82) is 0 Å². The second-order valence-electron chi connectivity index (χ2n) is 2.77. The number of hydrogen-bond acceptors (Lipinski definition) is 3. The lowest BCUT2D eigenvalue weighted by Gasteiger charge is -1.88. The molecule has 1 aromatic heterocycles. The summed E-state index contributed by atoms with van der Waals surface area (Å²) in [6.45, 7) is 2.02. The van der Waals surface area contributed by atoms with Crippen LogP contribution in [-0.4, -0.2) is 14.7 Å². The molecule has 0 amide bonds. The molecular weight excluding hydrogens is 176 g/mol. The van der Waals surface area contributed by atoms with Crippen molar-refractivity contribution in [2.24, 2.45) is 0 Å². The third kappa shape index (κ3) is 2.11. The second-order valence-corrected chi connectivity index (χ2v) is 4.79. The van der Waals surface area contributed by atoms with Gasteiger partial charge in [-0.15, -0.1) is 0 Å². The average Bonchev–Trinajstić information content (AvgIpc) is 2.35. The van der Waals surface area contributed by atoms with Gasteiger partial charge in [-0.05, 0) is 12.5 Å². The van der Waals surface area contributed by atoms with Crippen molar-refractivity contribution in [1.82, 2.24) is 0 Å². The summed E-state index contributed by atoms with van der Waals surface area (Å²) in [6, 6.07) is 1.58. The van der Waals surface area contributed by atoms with E-state index in [0.29, 0.717) is 0 Å². The SMILES string of the molecule is CCCc1cc(S(C)(=O)=O)co1. The molecule has 0 radical (unpaired) electrons. The van der Waals surface area contributed by atoms with Crippen LogP contribution in [0.1, 0.15) is 19.1 Å². The molecule has 0 saturated carbocycles. The fourth-order valence-corrected chi connectivity index (χ4v) is 1.50. The van der Waals surface area contributed by atoms with Crippen molar-refractivity contribution >= 4 is 9.84 Å². The van der Waals surface area contributed by atoms with Crippen molar-refractivity contribution < 1.29 is 12.8 Å². The van der Waals surface area contributed by atoms with Gasteiger partial charge in [0, 0.05) is 12.7 Å². The van der Waals surface area contributed by atoms with E-state index in [1.54, 1.807) is 6.07 Å². The monoisotopic (exact) mass is 188 g/mol. The maximum absolute atomic E-state index is 11.0. The highest BCUT2D eigenvalue weighted by molar-refractivity contribution is 7.90. The number of aryl methyl sites for hydroxylation is 1. The Balaban J connectivity index is 2.92. The summed E-state index contributed by atoms with van der Waals surface area (Å²) in [6.07, 6.45) is 4.21. The minimum atomic E-state index is -3.09. The molecule has 0 fully saturated rings. The Kier molecular flexibility index (Phi) is 2.57. The topological polar surface area (TPSA) is 47.3 Å². The summed E-state index contributed by atoms with van der Waals surface area (Å²) in [5.41, 5.74) is 0. The zero-order valence-corrected chi connectivity index (χ0v) is 8.02. The van der Waals surface area contributed by atoms with Gasteiger partial charge in [-0.25, -0.2) is 8.42 Å². The predicted molar refractivity (Wildman–Crippen MR) is 45.8 cm³/mol. The van der Waals surface area contributed by atoms with E-state index >= 15 is 0 Å². The van der Waals surface area contributed by atoms with E-state index in [1.165, 1.54) is 12.5 Å². The minimum Gasteiger partial charge on any atom is -0.468 e. The van der Waals surface area contributed by atoms with E-state index in [0.717, 1.165) is 18.6 Å². The van der Waals surface area contributed by atoms with Crippen LogP contribution < -0.4 is 0 Å². The lowest BCUT2D eigenvalue weighted by Crippen LogP contribution is -1.93. The van der Waals surface area contributed by atoms with Gasteiger partial charge in [0.2, 0.25) is 0 Å². The van der Waals surface area contributed by atoms with Crippen molar-refractivity contribution in [3.8, 4) is 0 Å². The summed E-state index contributed by atoms with van der Waals surface area (Å²) >= 11 is 0. The first-order chi connectivity index (χ1) is 5.54. The van der Waals surface area contributed by atoms with E-state index < -0.39 is 9.84 Å². The first kappa shape index (κ1) is 9.32. The maximum Gasteiger partial charge on any atom is 0.178 e. The second kappa shape index (κ2) is 3.31. The van der Waals surface area contributed by atoms with Gasteiger partial charge in [-0.1, -0.05) is 6.92 Å². The Morgan fingerprint density at radius 2 is 2.17 bits per heavy atom. The highest BCUT2D eigenvalue weighted by Crippen LogP contribution is 2.14. The van der Waals surface area contributed by atoms with Gasteiger partial charge in [-0.2, -0.15) is 0 Å². The summed E-state index contributed by atoms with van der Waals surface area (Å²) < 4.78 is 27.0. The number of sulfone groups is 1. The first-order valence-electron chi connectivity index (χ1n) is 3.81. The zero-order valence-electron chi connectivity index (χ0n) is 7.20. The van der Waals surface area contributed by atoms with Crippen molar-refractivity contribution in [3.05, 3.63) is 18.1 Å². The molecule has 0 bridgehead atoms. The molecule has 0 aromatic carbocycles. The van der Waals surface area contributed by atoms with Crippen LogP contribution in [-0.2, 0) is 16.3 Å².